The minimum atomic E-state index is 1.08. The molecule has 1 aliphatic rings. The third-order valence-corrected chi connectivity index (χ3v) is 4.22. The van der Waals surface area contributed by atoms with Crippen LogP contribution < -0.4 is 0 Å². The van der Waals surface area contributed by atoms with Gasteiger partial charge in [-0.05, 0) is 30.4 Å². The lowest BCUT2D eigenvalue weighted by Crippen LogP contribution is -2.30. The Kier molecular flexibility index (Phi) is 4.86. The van der Waals surface area contributed by atoms with Crippen molar-refractivity contribution < 1.29 is 0 Å². The third-order valence-electron chi connectivity index (χ3n) is 4.22. The van der Waals surface area contributed by atoms with Gasteiger partial charge >= 0.3 is 0 Å². The average Bonchev–Trinajstić information content (AvgIpc) is 2.56. The number of hydrogen-bond acceptors (Lipinski definition) is 1. The molecule has 1 heterocycles. The predicted octanol–water partition coefficient (Wildman–Crippen LogP) is 4.45. The molecular formula is C20H23N. The lowest BCUT2D eigenvalue weighted by atomic mass is 10.0. The minimum absolute atomic E-state index is 1.08. The third kappa shape index (κ3) is 4.30. The molecule has 0 aliphatic carbocycles. The Balaban J connectivity index is 1.49. The molecule has 108 valence electrons. The zero-order valence-corrected chi connectivity index (χ0v) is 12.5. The van der Waals surface area contributed by atoms with Crippen molar-refractivity contribution in [1.82, 2.24) is 4.90 Å². The first-order valence-electron chi connectivity index (χ1n) is 7.88. The zero-order chi connectivity index (χ0) is 14.3. The summed E-state index contributed by atoms with van der Waals surface area (Å²) >= 11 is 0. The minimum Gasteiger partial charge on any atom is -0.298 e. The Morgan fingerprint density at radius 2 is 1.33 bits per heavy atom. The fourth-order valence-electron chi connectivity index (χ4n) is 2.92. The quantitative estimate of drug-likeness (QED) is 0.746. The Hall–Kier alpha value is -1.86. The molecular weight excluding hydrogens is 254 g/mol. The van der Waals surface area contributed by atoms with E-state index in [9.17, 15) is 0 Å². The Bertz CT molecular complexity index is 561. The van der Waals surface area contributed by atoms with E-state index in [0.29, 0.717) is 0 Å². The molecule has 0 radical (unpaired) electrons. The van der Waals surface area contributed by atoms with Gasteiger partial charge in [0.25, 0.3) is 0 Å². The maximum Gasteiger partial charge on any atom is 0.0233 e. The van der Waals surface area contributed by atoms with Crippen molar-refractivity contribution in [2.24, 2.45) is 0 Å². The molecule has 0 bridgehead atoms. The number of rotatable bonds is 4. The van der Waals surface area contributed by atoms with Crippen LogP contribution in [0, 0.1) is 0 Å². The molecule has 0 saturated carbocycles. The fourth-order valence-corrected chi connectivity index (χ4v) is 2.92. The molecule has 0 amide bonds. The van der Waals surface area contributed by atoms with Gasteiger partial charge in [0.15, 0.2) is 0 Å². The molecule has 1 heteroatoms. The van der Waals surface area contributed by atoms with Crippen LogP contribution in [0.15, 0.2) is 72.3 Å². The topological polar surface area (TPSA) is 3.24 Å². The van der Waals surface area contributed by atoms with E-state index in [1.165, 1.54) is 37.1 Å². The van der Waals surface area contributed by atoms with Gasteiger partial charge in [-0.15, -0.1) is 0 Å². The SMILES string of the molecule is C(Cc1ccccc1)=C1CCN(Cc2ccccc2)CC1. The van der Waals surface area contributed by atoms with Gasteiger partial charge in [0, 0.05) is 19.6 Å². The van der Waals surface area contributed by atoms with E-state index in [1.54, 1.807) is 5.57 Å². The van der Waals surface area contributed by atoms with Gasteiger partial charge in [-0.3, -0.25) is 4.90 Å². The molecule has 0 unspecified atom stereocenters. The molecule has 2 aromatic carbocycles. The van der Waals surface area contributed by atoms with Gasteiger partial charge in [-0.25, -0.2) is 0 Å². The highest BCUT2D eigenvalue weighted by Gasteiger charge is 2.13. The van der Waals surface area contributed by atoms with Crippen LogP contribution in [0.2, 0.25) is 0 Å². The van der Waals surface area contributed by atoms with E-state index in [2.05, 4.69) is 71.6 Å². The summed E-state index contributed by atoms with van der Waals surface area (Å²) in [6.45, 7) is 3.47. The summed E-state index contributed by atoms with van der Waals surface area (Å²) in [5.74, 6) is 0. The Morgan fingerprint density at radius 3 is 1.95 bits per heavy atom. The standard InChI is InChI=1S/C20H23N/c1-3-7-18(8-4-1)11-12-19-13-15-21(16-14-19)17-20-9-5-2-6-10-20/h1-10,12H,11,13-17H2. The van der Waals surface area contributed by atoms with E-state index in [1.807, 2.05) is 0 Å². The first kappa shape index (κ1) is 14.1. The molecule has 21 heavy (non-hydrogen) atoms. The monoisotopic (exact) mass is 277 g/mol. The number of benzene rings is 2. The van der Waals surface area contributed by atoms with Gasteiger partial charge in [-0.2, -0.15) is 0 Å². The fraction of sp³-hybridized carbons (Fsp3) is 0.300. The van der Waals surface area contributed by atoms with E-state index in [4.69, 9.17) is 0 Å². The summed E-state index contributed by atoms with van der Waals surface area (Å²) < 4.78 is 0. The molecule has 0 aromatic heterocycles. The van der Waals surface area contributed by atoms with E-state index in [0.717, 1.165) is 13.0 Å². The van der Waals surface area contributed by atoms with Crippen LogP contribution in [0.3, 0.4) is 0 Å². The number of piperidine rings is 1. The predicted molar refractivity (Wildman–Crippen MR) is 89.2 cm³/mol. The number of allylic oxidation sites excluding steroid dienone is 1. The van der Waals surface area contributed by atoms with Crippen LogP contribution >= 0.6 is 0 Å². The molecule has 1 aliphatic heterocycles. The lowest BCUT2D eigenvalue weighted by molar-refractivity contribution is 0.248. The van der Waals surface area contributed by atoms with E-state index in [-0.39, 0.29) is 0 Å². The highest BCUT2D eigenvalue weighted by molar-refractivity contribution is 5.20. The van der Waals surface area contributed by atoms with Crippen molar-refractivity contribution in [2.75, 3.05) is 13.1 Å². The molecule has 0 spiro atoms. The first-order valence-corrected chi connectivity index (χ1v) is 7.88. The van der Waals surface area contributed by atoms with E-state index < -0.39 is 0 Å². The summed E-state index contributed by atoms with van der Waals surface area (Å²) in [6, 6.07) is 21.5. The maximum absolute atomic E-state index is 2.56. The second-order valence-electron chi connectivity index (χ2n) is 5.81. The van der Waals surface area contributed by atoms with Gasteiger partial charge in [-0.1, -0.05) is 72.3 Å². The van der Waals surface area contributed by atoms with Crippen LogP contribution in [0.25, 0.3) is 0 Å². The van der Waals surface area contributed by atoms with Gasteiger partial charge in [0.2, 0.25) is 0 Å². The molecule has 2 aromatic rings. The largest absolute Gasteiger partial charge is 0.298 e. The van der Waals surface area contributed by atoms with Gasteiger partial charge in [0.05, 0.1) is 0 Å². The lowest BCUT2D eigenvalue weighted by Gasteiger charge is -2.28. The molecule has 0 N–H and O–H groups in total. The number of hydrogen-bond donors (Lipinski definition) is 0. The second kappa shape index (κ2) is 7.24. The maximum atomic E-state index is 2.56. The van der Waals surface area contributed by atoms with Crippen LogP contribution in [0.4, 0.5) is 0 Å². The van der Waals surface area contributed by atoms with E-state index >= 15 is 0 Å². The second-order valence-corrected chi connectivity index (χ2v) is 5.81. The highest BCUT2D eigenvalue weighted by atomic mass is 15.1. The van der Waals surface area contributed by atoms with Crippen molar-refractivity contribution in [2.45, 2.75) is 25.8 Å². The van der Waals surface area contributed by atoms with Crippen LogP contribution in [-0.2, 0) is 13.0 Å². The number of likely N-dealkylation sites (tertiary alicyclic amines) is 1. The summed E-state index contributed by atoms with van der Waals surface area (Å²) in [5, 5.41) is 0. The number of nitrogens with zero attached hydrogens (tertiary/aromatic N) is 1. The van der Waals surface area contributed by atoms with Gasteiger partial charge < -0.3 is 0 Å². The van der Waals surface area contributed by atoms with Crippen molar-refractivity contribution in [3.63, 3.8) is 0 Å². The smallest absolute Gasteiger partial charge is 0.0233 e. The van der Waals surface area contributed by atoms with Crippen molar-refractivity contribution >= 4 is 0 Å². The van der Waals surface area contributed by atoms with Crippen LogP contribution in [-0.4, -0.2) is 18.0 Å². The first-order chi connectivity index (χ1) is 10.4. The molecule has 3 rings (SSSR count). The van der Waals surface area contributed by atoms with Crippen molar-refractivity contribution in [3.8, 4) is 0 Å². The van der Waals surface area contributed by atoms with Crippen LogP contribution in [0.5, 0.6) is 0 Å². The van der Waals surface area contributed by atoms with Crippen molar-refractivity contribution in [1.29, 1.82) is 0 Å². The van der Waals surface area contributed by atoms with Crippen molar-refractivity contribution in [3.05, 3.63) is 83.4 Å². The normalized spacial score (nSPS) is 15.9. The summed E-state index contributed by atoms with van der Waals surface area (Å²) in [4.78, 5) is 2.56. The summed E-state index contributed by atoms with van der Waals surface area (Å²) in [6.07, 6.45) is 5.96. The molecule has 0 atom stereocenters. The van der Waals surface area contributed by atoms with Crippen LogP contribution in [0.1, 0.15) is 24.0 Å². The summed E-state index contributed by atoms with van der Waals surface area (Å²) in [5.41, 5.74) is 4.47. The molecule has 1 saturated heterocycles. The Morgan fingerprint density at radius 1 is 0.762 bits per heavy atom. The zero-order valence-electron chi connectivity index (χ0n) is 12.5. The Labute approximate surface area is 127 Å². The highest BCUT2D eigenvalue weighted by Crippen LogP contribution is 2.19. The molecule has 1 nitrogen and oxygen atoms in total. The molecule has 1 fully saturated rings. The average molecular weight is 277 g/mol. The van der Waals surface area contributed by atoms with Gasteiger partial charge in [0.1, 0.15) is 0 Å². The summed E-state index contributed by atoms with van der Waals surface area (Å²) in [7, 11) is 0.